The van der Waals surface area contributed by atoms with Crippen molar-refractivity contribution in [3.05, 3.63) is 0 Å². The van der Waals surface area contributed by atoms with Gasteiger partial charge in [-0.3, -0.25) is 0 Å². The monoisotopic (exact) mass is 210 g/mol. The van der Waals surface area contributed by atoms with Gasteiger partial charge < -0.3 is 10.4 Å². The van der Waals surface area contributed by atoms with Crippen LogP contribution in [0.3, 0.4) is 0 Å². The van der Waals surface area contributed by atoms with Gasteiger partial charge in [-0.2, -0.15) is 5.26 Å². The summed E-state index contributed by atoms with van der Waals surface area (Å²) < 4.78 is 0. The largest absolute Gasteiger partial charge is 0.393 e. The maximum absolute atomic E-state index is 9.60. The molecule has 0 spiro atoms. The molecule has 0 amide bonds. The molecule has 0 heterocycles. The first kappa shape index (κ1) is 12.5. The van der Waals surface area contributed by atoms with Crippen molar-refractivity contribution in [1.29, 1.82) is 5.26 Å². The lowest BCUT2D eigenvalue weighted by molar-refractivity contribution is 0.131. The lowest BCUT2D eigenvalue weighted by Crippen LogP contribution is -2.30. The molecule has 0 saturated heterocycles. The van der Waals surface area contributed by atoms with Gasteiger partial charge in [0.25, 0.3) is 0 Å². The Hall–Kier alpha value is -0.590. The van der Waals surface area contributed by atoms with E-state index in [0.29, 0.717) is 5.92 Å². The summed E-state index contributed by atoms with van der Waals surface area (Å²) in [4.78, 5) is 0. The van der Waals surface area contributed by atoms with Crippen molar-refractivity contribution in [2.75, 3.05) is 13.1 Å². The average Bonchev–Trinajstić information content (AvgIpc) is 2.59. The third-order valence-corrected chi connectivity index (χ3v) is 3.25. The average molecular weight is 210 g/mol. The van der Waals surface area contributed by atoms with Gasteiger partial charge in [0.15, 0.2) is 0 Å². The fraction of sp³-hybridized carbons (Fsp3) is 0.917. The Morgan fingerprint density at radius 3 is 2.73 bits per heavy atom. The van der Waals surface area contributed by atoms with Crippen LogP contribution in [-0.2, 0) is 0 Å². The van der Waals surface area contributed by atoms with E-state index in [4.69, 9.17) is 5.26 Å². The number of hydrogen-bond acceptors (Lipinski definition) is 3. The molecule has 1 aliphatic carbocycles. The predicted octanol–water partition coefficient (Wildman–Crippen LogP) is 1.68. The van der Waals surface area contributed by atoms with E-state index < -0.39 is 0 Å². The molecule has 2 atom stereocenters. The maximum Gasteiger partial charge on any atom is 0.0684 e. The molecule has 0 aromatic carbocycles. The molecule has 3 heteroatoms. The van der Waals surface area contributed by atoms with Gasteiger partial charge in [-0.25, -0.2) is 0 Å². The number of aliphatic hydroxyl groups excluding tert-OH is 1. The van der Waals surface area contributed by atoms with Gasteiger partial charge in [0.1, 0.15) is 0 Å². The van der Waals surface area contributed by atoms with Gasteiger partial charge in [0.2, 0.25) is 0 Å². The van der Waals surface area contributed by atoms with E-state index in [1.54, 1.807) is 0 Å². The van der Waals surface area contributed by atoms with Gasteiger partial charge in [-0.15, -0.1) is 0 Å². The van der Waals surface area contributed by atoms with Gasteiger partial charge in [-0.1, -0.05) is 6.42 Å². The number of nitrogens with one attached hydrogen (secondary N) is 1. The Morgan fingerprint density at radius 1 is 1.47 bits per heavy atom. The second-order valence-electron chi connectivity index (χ2n) is 5.21. The molecular formula is C12H22N2O. The topological polar surface area (TPSA) is 56.0 Å². The van der Waals surface area contributed by atoms with Crippen LogP contribution in [0.5, 0.6) is 0 Å². The highest BCUT2D eigenvalue weighted by Crippen LogP contribution is 2.24. The Labute approximate surface area is 92.5 Å². The zero-order valence-electron chi connectivity index (χ0n) is 9.79. The molecular weight excluding hydrogens is 188 g/mol. The summed E-state index contributed by atoms with van der Waals surface area (Å²) in [6.07, 6.45) is 4.00. The van der Waals surface area contributed by atoms with Crippen molar-refractivity contribution in [1.82, 2.24) is 5.32 Å². The standard InChI is InChI=1S/C12H22N2O/c1-12(2,9-13)6-7-14-8-10-4-3-5-11(10)15/h10-11,14-15H,3-8H2,1-2H3. The minimum absolute atomic E-state index is 0.110. The summed E-state index contributed by atoms with van der Waals surface area (Å²) >= 11 is 0. The normalized spacial score (nSPS) is 26.5. The summed E-state index contributed by atoms with van der Waals surface area (Å²) in [6, 6.07) is 2.29. The highest BCUT2D eigenvalue weighted by Gasteiger charge is 2.24. The number of nitriles is 1. The van der Waals surface area contributed by atoms with Crippen LogP contribution in [0.2, 0.25) is 0 Å². The van der Waals surface area contributed by atoms with Crippen LogP contribution in [-0.4, -0.2) is 24.3 Å². The second-order valence-corrected chi connectivity index (χ2v) is 5.21. The fourth-order valence-corrected chi connectivity index (χ4v) is 2.00. The zero-order valence-corrected chi connectivity index (χ0v) is 9.79. The fourth-order valence-electron chi connectivity index (χ4n) is 2.00. The Bertz CT molecular complexity index is 232. The van der Waals surface area contributed by atoms with Crippen LogP contribution in [0.25, 0.3) is 0 Å². The molecule has 1 fully saturated rings. The molecule has 86 valence electrons. The molecule has 0 aromatic rings. The van der Waals surface area contributed by atoms with Crippen molar-refractivity contribution in [3.63, 3.8) is 0 Å². The van der Waals surface area contributed by atoms with Gasteiger partial charge in [-0.05, 0) is 45.6 Å². The first-order chi connectivity index (χ1) is 7.05. The van der Waals surface area contributed by atoms with Crippen LogP contribution >= 0.6 is 0 Å². The summed E-state index contributed by atoms with van der Waals surface area (Å²) in [5.74, 6) is 0.426. The van der Waals surface area contributed by atoms with E-state index in [2.05, 4.69) is 11.4 Å². The molecule has 3 nitrogen and oxygen atoms in total. The van der Waals surface area contributed by atoms with Crippen molar-refractivity contribution >= 4 is 0 Å². The lowest BCUT2D eigenvalue weighted by atomic mass is 9.91. The Kier molecular flexibility index (Phi) is 4.56. The van der Waals surface area contributed by atoms with E-state index in [0.717, 1.165) is 38.8 Å². The van der Waals surface area contributed by atoms with Gasteiger partial charge in [0.05, 0.1) is 17.6 Å². The van der Waals surface area contributed by atoms with Crippen LogP contribution in [0, 0.1) is 22.7 Å². The van der Waals surface area contributed by atoms with Crippen LogP contribution in [0.4, 0.5) is 0 Å². The molecule has 2 unspecified atom stereocenters. The molecule has 0 radical (unpaired) electrons. The maximum atomic E-state index is 9.60. The Morgan fingerprint density at radius 2 is 2.20 bits per heavy atom. The van der Waals surface area contributed by atoms with Gasteiger partial charge in [0, 0.05) is 6.54 Å². The van der Waals surface area contributed by atoms with Crippen LogP contribution in [0.15, 0.2) is 0 Å². The summed E-state index contributed by atoms with van der Waals surface area (Å²) in [5, 5.41) is 21.8. The lowest BCUT2D eigenvalue weighted by Gasteiger charge is -2.18. The van der Waals surface area contributed by atoms with E-state index in [1.165, 1.54) is 0 Å². The van der Waals surface area contributed by atoms with E-state index in [1.807, 2.05) is 13.8 Å². The van der Waals surface area contributed by atoms with E-state index in [-0.39, 0.29) is 11.5 Å². The number of hydrogen-bond donors (Lipinski definition) is 2. The van der Waals surface area contributed by atoms with Gasteiger partial charge >= 0.3 is 0 Å². The van der Waals surface area contributed by atoms with Crippen molar-refractivity contribution < 1.29 is 5.11 Å². The summed E-state index contributed by atoms with van der Waals surface area (Å²) in [5.41, 5.74) is -0.235. The molecule has 0 aromatic heterocycles. The minimum Gasteiger partial charge on any atom is -0.393 e. The molecule has 0 bridgehead atoms. The molecule has 1 aliphatic rings. The van der Waals surface area contributed by atoms with Crippen LogP contribution < -0.4 is 5.32 Å². The molecule has 1 saturated carbocycles. The third kappa shape index (κ3) is 4.19. The summed E-state index contributed by atoms with van der Waals surface area (Å²) in [7, 11) is 0. The highest BCUT2D eigenvalue weighted by molar-refractivity contribution is 4.92. The molecule has 2 N–H and O–H groups in total. The van der Waals surface area contributed by atoms with E-state index >= 15 is 0 Å². The van der Waals surface area contributed by atoms with Crippen molar-refractivity contribution in [3.8, 4) is 6.07 Å². The van der Waals surface area contributed by atoms with Crippen molar-refractivity contribution in [2.24, 2.45) is 11.3 Å². The number of nitrogens with zero attached hydrogens (tertiary/aromatic N) is 1. The van der Waals surface area contributed by atoms with Crippen LogP contribution in [0.1, 0.15) is 39.5 Å². The SMILES string of the molecule is CC(C)(C#N)CCNCC1CCCC1O. The quantitative estimate of drug-likeness (QED) is 0.679. The first-order valence-electron chi connectivity index (χ1n) is 5.85. The zero-order chi connectivity index (χ0) is 11.3. The smallest absolute Gasteiger partial charge is 0.0684 e. The third-order valence-electron chi connectivity index (χ3n) is 3.25. The first-order valence-corrected chi connectivity index (χ1v) is 5.85. The Balaban J connectivity index is 2.09. The van der Waals surface area contributed by atoms with E-state index in [9.17, 15) is 5.11 Å². The predicted molar refractivity (Wildman–Crippen MR) is 60.2 cm³/mol. The minimum atomic E-state index is -0.235. The highest BCUT2D eigenvalue weighted by atomic mass is 16.3. The number of aliphatic hydroxyl groups is 1. The summed E-state index contributed by atoms with van der Waals surface area (Å²) in [6.45, 7) is 5.67. The molecule has 1 rings (SSSR count). The van der Waals surface area contributed by atoms with Crippen molar-refractivity contribution in [2.45, 2.75) is 45.6 Å². The number of rotatable bonds is 5. The molecule has 0 aliphatic heterocycles. The second kappa shape index (κ2) is 5.48. The molecule has 15 heavy (non-hydrogen) atoms.